The van der Waals surface area contributed by atoms with Crippen molar-refractivity contribution in [2.45, 2.75) is 12.5 Å². The van der Waals surface area contributed by atoms with Gasteiger partial charge in [-0.25, -0.2) is 9.37 Å². The molecule has 25 heavy (non-hydrogen) atoms. The predicted molar refractivity (Wildman–Crippen MR) is 90.1 cm³/mol. The summed E-state index contributed by atoms with van der Waals surface area (Å²) in [7, 11) is 0. The van der Waals surface area contributed by atoms with Gasteiger partial charge in [0.2, 0.25) is 5.88 Å². The number of amides is 1. The van der Waals surface area contributed by atoms with E-state index in [1.54, 1.807) is 18.5 Å². The Morgan fingerprint density at radius 1 is 1.32 bits per heavy atom. The number of benzene rings is 1. The van der Waals surface area contributed by atoms with Gasteiger partial charge in [-0.1, -0.05) is 11.6 Å². The topological polar surface area (TPSA) is 64.4 Å². The molecule has 0 radical (unpaired) electrons. The number of aromatic nitrogens is 1. The lowest BCUT2D eigenvalue weighted by Gasteiger charge is -2.11. The van der Waals surface area contributed by atoms with E-state index in [2.05, 4.69) is 10.3 Å². The van der Waals surface area contributed by atoms with Crippen LogP contribution in [0.1, 0.15) is 5.56 Å². The van der Waals surface area contributed by atoms with Crippen molar-refractivity contribution >= 4 is 23.2 Å². The Morgan fingerprint density at radius 3 is 2.96 bits per heavy atom. The molecule has 1 amide bonds. The number of carbonyl (C=O) groups is 1. The van der Waals surface area contributed by atoms with Gasteiger partial charge in [0.05, 0.1) is 11.3 Å². The van der Waals surface area contributed by atoms with Gasteiger partial charge in [0, 0.05) is 29.4 Å². The van der Waals surface area contributed by atoms with Gasteiger partial charge in [-0.3, -0.25) is 4.79 Å². The highest BCUT2D eigenvalue weighted by molar-refractivity contribution is 6.31. The summed E-state index contributed by atoms with van der Waals surface area (Å²) < 4.78 is 24.3. The summed E-state index contributed by atoms with van der Waals surface area (Å²) in [5, 5.41) is 2.61. The van der Waals surface area contributed by atoms with Crippen molar-refractivity contribution in [3.8, 4) is 17.2 Å². The fraction of sp³-hybridized carbons (Fsp3) is 0.111. The normalized spacial score (nSPS) is 15.5. The molecule has 5 nitrogen and oxygen atoms in total. The number of halogens is 2. The monoisotopic (exact) mass is 358 g/mol. The molecule has 0 aliphatic carbocycles. The highest BCUT2D eigenvalue weighted by Gasteiger charge is 2.32. The van der Waals surface area contributed by atoms with E-state index in [-0.39, 0.29) is 10.9 Å². The third kappa shape index (κ3) is 2.96. The Morgan fingerprint density at radius 2 is 2.20 bits per heavy atom. The molecule has 3 aromatic rings. The minimum atomic E-state index is -0.734. The summed E-state index contributed by atoms with van der Waals surface area (Å²) in [6.45, 7) is 0. The van der Waals surface area contributed by atoms with Crippen molar-refractivity contribution < 1.29 is 18.3 Å². The average Bonchev–Trinajstić information content (AvgIpc) is 3.27. The highest BCUT2D eigenvalue weighted by atomic mass is 35.5. The summed E-state index contributed by atoms with van der Waals surface area (Å²) in [4.78, 5) is 16.6. The van der Waals surface area contributed by atoms with Crippen LogP contribution in [0.4, 0.5) is 10.1 Å². The molecular formula is C18H12ClFN2O3. The van der Waals surface area contributed by atoms with Crippen molar-refractivity contribution in [3.05, 3.63) is 65.3 Å². The molecule has 7 heteroatoms. The second kappa shape index (κ2) is 6.22. The molecule has 2 aromatic heterocycles. The van der Waals surface area contributed by atoms with E-state index in [1.165, 1.54) is 18.2 Å². The number of ether oxygens (including phenoxy) is 1. The lowest BCUT2D eigenvalue weighted by atomic mass is 10.0. The van der Waals surface area contributed by atoms with Crippen LogP contribution >= 0.6 is 11.6 Å². The Balaban J connectivity index is 1.54. The van der Waals surface area contributed by atoms with Gasteiger partial charge >= 0.3 is 0 Å². The molecule has 1 aromatic carbocycles. The maximum Gasteiger partial charge on any atom is 0.265 e. The summed E-state index contributed by atoms with van der Waals surface area (Å²) in [5.74, 6) is 0.197. The number of carbonyl (C=O) groups excluding carboxylic acids is 1. The number of nitrogens with one attached hydrogen (secondary N) is 1. The van der Waals surface area contributed by atoms with E-state index in [4.69, 9.17) is 20.8 Å². The SMILES string of the molecule is O=C(Nc1ccc(F)c(Cl)c1)C1Cc2c(-c3ccco3)ccnc2O1. The van der Waals surface area contributed by atoms with Crippen molar-refractivity contribution in [3.63, 3.8) is 0 Å². The smallest absolute Gasteiger partial charge is 0.265 e. The van der Waals surface area contributed by atoms with E-state index in [9.17, 15) is 9.18 Å². The van der Waals surface area contributed by atoms with Gasteiger partial charge in [0.15, 0.2) is 6.10 Å². The average molecular weight is 359 g/mol. The first-order chi connectivity index (χ1) is 12.1. The van der Waals surface area contributed by atoms with Gasteiger partial charge in [-0.2, -0.15) is 0 Å². The molecule has 1 unspecified atom stereocenters. The first kappa shape index (κ1) is 15.7. The van der Waals surface area contributed by atoms with Crippen LogP contribution in [0.2, 0.25) is 5.02 Å². The highest BCUT2D eigenvalue weighted by Crippen LogP contribution is 2.35. The molecule has 0 bridgehead atoms. The molecule has 3 heterocycles. The molecule has 1 N–H and O–H groups in total. The van der Waals surface area contributed by atoms with Crippen LogP contribution in [0, 0.1) is 5.82 Å². The van der Waals surface area contributed by atoms with Gasteiger partial charge in [-0.05, 0) is 36.4 Å². The van der Waals surface area contributed by atoms with E-state index >= 15 is 0 Å². The zero-order chi connectivity index (χ0) is 17.4. The summed E-state index contributed by atoms with van der Waals surface area (Å²) in [5.41, 5.74) is 2.06. The quantitative estimate of drug-likeness (QED) is 0.766. The number of pyridine rings is 1. The van der Waals surface area contributed by atoms with Crippen molar-refractivity contribution in [1.82, 2.24) is 4.98 Å². The molecule has 0 saturated heterocycles. The summed E-state index contributed by atoms with van der Waals surface area (Å²) in [6.07, 6.45) is 2.82. The number of hydrogen-bond acceptors (Lipinski definition) is 4. The second-order valence-corrected chi connectivity index (χ2v) is 5.96. The zero-order valence-corrected chi connectivity index (χ0v) is 13.6. The van der Waals surface area contributed by atoms with Gasteiger partial charge in [0.25, 0.3) is 5.91 Å². The molecule has 126 valence electrons. The van der Waals surface area contributed by atoms with Gasteiger partial charge < -0.3 is 14.5 Å². The van der Waals surface area contributed by atoms with Crippen LogP contribution in [0.15, 0.2) is 53.3 Å². The maximum atomic E-state index is 13.2. The van der Waals surface area contributed by atoms with Crippen LogP contribution in [0.3, 0.4) is 0 Å². The van der Waals surface area contributed by atoms with E-state index in [0.717, 1.165) is 11.1 Å². The van der Waals surface area contributed by atoms with Crippen molar-refractivity contribution in [2.75, 3.05) is 5.32 Å². The first-order valence-electron chi connectivity index (χ1n) is 7.56. The Labute approximate surface area is 147 Å². The Bertz CT molecular complexity index is 943. The first-order valence-corrected chi connectivity index (χ1v) is 7.94. The van der Waals surface area contributed by atoms with Crippen LogP contribution in [-0.2, 0) is 11.2 Å². The minimum Gasteiger partial charge on any atom is -0.464 e. The van der Waals surface area contributed by atoms with Crippen molar-refractivity contribution in [1.29, 1.82) is 0 Å². The fourth-order valence-electron chi connectivity index (χ4n) is 2.74. The third-order valence-corrected chi connectivity index (χ3v) is 4.22. The number of anilines is 1. The van der Waals surface area contributed by atoms with Gasteiger partial charge in [0.1, 0.15) is 11.6 Å². The number of fused-ring (bicyclic) bond motifs is 1. The second-order valence-electron chi connectivity index (χ2n) is 5.55. The molecule has 0 fully saturated rings. The van der Waals surface area contributed by atoms with Crippen LogP contribution in [0.5, 0.6) is 5.88 Å². The third-order valence-electron chi connectivity index (χ3n) is 3.93. The lowest BCUT2D eigenvalue weighted by Crippen LogP contribution is -2.31. The number of rotatable bonds is 3. The molecule has 1 aliphatic heterocycles. The molecule has 0 spiro atoms. The molecule has 4 rings (SSSR count). The number of nitrogens with zero attached hydrogens (tertiary/aromatic N) is 1. The molecule has 0 saturated carbocycles. The molecular weight excluding hydrogens is 347 g/mol. The van der Waals surface area contributed by atoms with E-state index in [1.807, 2.05) is 12.1 Å². The number of hydrogen-bond donors (Lipinski definition) is 1. The zero-order valence-electron chi connectivity index (χ0n) is 12.8. The summed E-state index contributed by atoms with van der Waals surface area (Å²) >= 11 is 5.73. The summed E-state index contributed by atoms with van der Waals surface area (Å²) in [6, 6.07) is 9.43. The van der Waals surface area contributed by atoms with Crippen LogP contribution < -0.4 is 10.1 Å². The molecule has 1 aliphatic rings. The van der Waals surface area contributed by atoms with E-state index in [0.29, 0.717) is 23.7 Å². The largest absolute Gasteiger partial charge is 0.464 e. The lowest BCUT2D eigenvalue weighted by molar-refractivity contribution is -0.122. The van der Waals surface area contributed by atoms with Gasteiger partial charge in [-0.15, -0.1) is 0 Å². The Hall–Kier alpha value is -2.86. The maximum absolute atomic E-state index is 13.2. The number of furan rings is 1. The van der Waals surface area contributed by atoms with Crippen LogP contribution in [-0.4, -0.2) is 17.0 Å². The standard InChI is InChI=1S/C18H12ClFN2O3/c19-13-8-10(3-4-14(13)20)22-17(23)16-9-12-11(15-2-1-7-24-15)5-6-21-18(12)25-16/h1-8,16H,9H2,(H,22,23). The molecule has 1 atom stereocenters. The van der Waals surface area contributed by atoms with Crippen molar-refractivity contribution in [2.24, 2.45) is 0 Å². The predicted octanol–water partition coefficient (Wildman–Crippen LogP) is 4.08. The minimum absolute atomic E-state index is 0.0600. The Kier molecular flexibility index (Phi) is 3.89. The van der Waals surface area contributed by atoms with Crippen LogP contribution in [0.25, 0.3) is 11.3 Å². The fourth-order valence-corrected chi connectivity index (χ4v) is 2.92. The van der Waals surface area contributed by atoms with E-state index < -0.39 is 11.9 Å².